The first-order chi connectivity index (χ1) is 10.4. The number of nitrogens with one attached hydrogen (secondary N) is 2. The molecule has 2 aromatic rings. The van der Waals surface area contributed by atoms with Gasteiger partial charge in [-0.2, -0.15) is 0 Å². The number of fused-ring (bicyclic) bond motifs is 1. The van der Waals surface area contributed by atoms with E-state index in [-0.39, 0.29) is 0 Å². The van der Waals surface area contributed by atoms with Crippen LogP contribution in [0.15, 0.2) is 30.5 Å². The number of nitrogens with zero attached hydrogens (tertiary/aromatic N) is 1. The van der Waals surface area contributed by atoms with Crippen LogP contribution < -0.4 is 5.32 Å². The van der Waals surface area contributed by atoms with E-state index in [0.29, 0.717) is 0 Å². The molecular formula is C17H25N3O. The van der Waals surface area contributed by atoms with Gasteiger partial charge in [0.15, 0.2) is 0 Å². The monoisotopic (exact) mass is 287 g/mol. The molecule has 1 aromatic heterocycles. The summed E-state index contributed by atoms with van der Waals surface area (Å²) in [5.74, 6) is 0. The van der Waals surface area contributed by atoms with Gasteiger partial charge in [-0.25, -0.2) is 0 Å². The summed E-state index contributed by atoms with van der Waals surface area (Å²) >= 11 is 0. The summed E-state index contributed by atoms with van der Waals surface area (Å²) in [5, 5.41) is 4.90. The molecule has 0 radical (unpaired) electrons. The van der Waals surface area contributed by atoms with E-state index in [2.05, 4.69) is 39.5 Å². The highest BCUT2D eigenvalue weighted by Crippen LogP contribution is 2.16. The van der Waals surface area contributed by atoms with E-state index in [4.69, 9.17) is 4.74 Å². The number of aromatic amines is 1. The Bertz CT molecular complexity index is 546. The first-order valence-corrected chi connectivity index (χ1v) is 7.99. The van der Waals surface area contributed by atoms with Gasteiger partial charge in [-0.15, -0.1) is 0 Å². The molecule has 1 aliphatic rings. The molecule has 0 saturated carbocycles. The van der Waals surface area contributed by atoms with Gasteiger partial charge in [0.2, 0.25) is 0 Å². The molecule has 114 valence electrons. The molecule has 0 bridgehead atoms. The SMILES string of the molecule is c1cc(CNCCCCN2CCOCC2)c2cc[nH]c2c1. The first-order valence-electron chi connectivity index (χ1n) is 7.99. The molecule has 2 heterocycles. The van der Waals surface area contributed by atoms with Crippen molar-refractivity contribution >= 4 is 10.9 Å². The highest BCUT2D eigenvalue weighted by Gasteiger charge is 2.08. The van der Waals surface area contributed by atoms with Crippen LogP contribution in [0.1, 0.15) is 18.4 Å². The van der Waals surface area contributed by atoms with E-state index in [1.165, 1.54) is 35.9 Å². The second kappa shape index (κ2) is 7.59. The van der Waals surface area contributed by atoms with Crippen LogP contribution in [-0.2, 0) is 11.3 Å². The van der Waals surface area contributed by atoms with Gasteiger partial charge >= 0.3 is 0 Å². The van der Waals surface area contributed by atoms with Crippen molar-refractivity contribution in [3.63, 3.8) is 0 Å². The average molecular weight is 287 g/mol. The Kier molecular flexibility index (Phi) is 5.27. The Hall–Kier alpha value is -1.36. The van der Waals surface area contributed by atoms with Crippen LogP contribution in [0, 0.1) is 0 Å². The van der Waals surface area contributed by atoms with Crippen LogP contribution in [0.3, 0.4) is 0 Å². The number of hydrogen-bond acceptors (Lipinski definition) is 3. The van der Waals surface area contributed by atoms with Crippen molar-refractivity contribution in [3.05, 3.63) is 36.0 Å². The second-order valence-electron chi connectivity index (χ2n) is 5.69. The Labute approximate surface area is 126 Å². The summed E-state index contributed by atoms with van der Waals surface area (Å²) in [5.41, 5.74) is 2.60. The Balaban J connectivity index is 1.34. The summed E-state index contributed by atoms with van der Waals surface area (Å²) in [6.07, 6.45) is 4.51. The van der Waals surface area contributed by atoms with Crippen molar-refractivity contribution < 1.29 is 4.74 Å². The van der Waals surface area contributed by atoms with Crippen molar-refractivity contribution in [3.8, 4) is 0 Å². The standard InChI is InChI=1S/C17H25N3O/c1(2-9-20-10-12-21-13-11-20)7-18-14-15-4-3-5-17-16(15)6-8-19-17/h3-6,8,18-19H,1-2,7,9-14H2. The molecule has 1 aliphatic heterocycles. The average Bonchev–Trinajstić information content (AvgIpc) is 3.01. The number of aromatic nitrogens is 1. The number of benzene rings is 1. The lowest BCUT2D eigenvalue weighted by molar-refractivity contribution is 0.0372. The predicted octanol–water partition coefficient (Wildman–Crippen LogP) is 2.37. The van der Waals surface area contributed by atoms with E-state index in [1.54, 1.807) is 0 Å². The lowest BCUT2D eigenvalue weighted by Crippen LogP contribution is -2.37. The second-order valence-corrected chi connectivity index (χ2v) is 5.69. The Morgan fingerprint density at radius 2 is 2.05 bits per heavy atom. The molecule has 0 unspecified atom stereocenters. The lowest BCUT2D eigenvalue weighted by atomic mass is 10.1. The minimum atomic E-state index is 0.902. The summed E-state index contributed by atoms with van der Waals surface area (Å²) in [7, 11) is 0. The molecule has 21 heavy (non-hydrogen) atoms. The summed E-state index contributed by atoms with van der Waals surface area (Å²) in [6, 6.07) is 8.61. The van der Waals surface area contributed by atoms with Crippen molar-refractivity contribution in [2.24, 2.45) is 0 Å². The van der Waals surface area contributed by atoms with Crippen LogP contribution in [0.25, 0.3) is 10.9 Å². The molecule has 1 saturated heterocycles. The Morgan fingerprint density at radius 3 is 2.95 bits per heavy atom. The third kappa shape index (κ3) is 4.06. The molecule has 2 N–H and O–H groups in total. The maximum Gasteiger partial charge on any atom is 0.0594 e. The van der Waals surface area contributed by atoms with Crippen LogP contribution >= 0.6 is 0 Å². The molecule has 4 nitrogen and oxygen atoms in total. The summed E-state index contributed by atoms with van der Waals surface area (Å²) in [4.78, 5) is 5.77. The van der Waals surface area contributed by atoms with Crippen molar-refractivity contribution in [2.75, 3.05) is 39.4 Å². The molecule has 0 spiro atoms. The molecular weight excluding hydrogens is 262 g/mol. The summed E-state index contributed by atoms with van der Waals surface area (Å²) in [6.45, 7) is 7.25. The maximum absolute atomic E-state index is 5.37. The smallest absolute Gasteiger partial charge is 0.0594 e. The van der Waals surface area contributed by atoms with E-state index in [0.717, 1.165) is 39.4 Å². The van der Waals surface area contributed by atoms with Crippen LogP contribution in [-0.4, -0.2) is 49.3 Å². The van der Waals surface area contributed by atoms with Gasteiger partial charge in [0.25, 0.3) is 0 Å². The number of ether oxygens (including phenoxy) is 1. The van der Waals surface area contributed by atoms with E-state index in [1.807, 2.05) is 6.20 Å². The lowest BCUT2D eigenvalue weighted by Gasteiger charge is -2.26. The van der Waals surface area contributed by atoms with Crippen molar-refractivity contribution in [2.45, 2.75) is 19.4 Å². The zero-order valence-corrected chi connectivity index (χ0v) is 12.6. The van der Waals surface area contributed by atoms with Crippen LogP contribution in [0.2, 0.25) is 0 Å². The van der Waals surface area contributed by atoms with Gasteiger partial charge < -0.3 is 15.0 Å². The molecule has 3 rings (SSSR count). The zero-order valence-electron chi connectivity index (χ0n) is 12.6. The third-order valence-electron chi connectivity index (χ3n) is 4.18. The fourth-order valence-corrected chi connectivity index (χ4v) is 2.94. The van der Waals surface area contributed by atoms with E-state index >= 15 is 0 Å². The van der Waals surface area contributed by atoms with Crippen LogP contribution in [0.5, 0.6) is 0 Å². The molecule has 0 atom stereocenters. The van der Waals surface area contributed by atoms with E-state index in [9.17, 15) is 0 Å². The minimum Gasteiger partial charge on any atom is -0.379 e. The number of morpholine rings is 1. The van der Waals surface area contributed by atoms with E-state index < -0.39 is 0 Å². The zero-order chi connectivity index (χ0) is 14.3. The van der Waals surface area contributed by atoms with Gasteiger partial charge in [-0.1, -0.05) is 12.1 Å². The largest absolute Gasteiger partial charge is 0.379 e. The molecule has 1 aromatic carbocycles. The topological polar surface area (TPSA) is 40.3 Å². The maximum atomic E-state index is 5.37. The van der Waals surface area contributed by atoms with Gasteiger partial charge in [0.05, 0.1) is 13.2 Å². The molecule has 0 aliphatic carbocycles. The minimum absolute atomic E-state index is 0.902. The quantitative estimate of drug-likeness (QED) is 0.768. The fraction of sp³-hybridized carbons (Fsp3) is 0.529. The van der Waals surface area contributed by atoms with Gasteiger partial charge in [-0.05, 0) is 43.6 Å². The van der Waals surface area contributed by atoms with Crippen molar-refractivity contribution in [1.29, 1.82) is 0 Å². The number of rotatable bonds is 7. The van der Waals surface area contributed by atoms with Crippen LogP contribution in [0.4, 0.5) is 0 Å². The molecule has 0 amide bonds. The number of hydrogen-bond donors (Lipinski definition) is 2. The highest BCUT2D eigenvalue weighted by atomic mass is 16.5. The fourth-order valence-electron chi connectivity index (χ4n) is 2.94. The number of unbranched alkanes of at least 4 members (excludes halogenated alkanes) is 1. The van der Waals surface area contributed by atoms with Gasteiger partial charge in [-0.3, -0.25) is 4.90 Å². The van der Waals surface area contributed by atoms with Gasteiger partial charge in [0.1, 0.15) is 0 Å². The highest BCUT2D eigenvalue weighted by molar-refractivity contribution is 5.82. The summed E-state index contributed by atoms with van der Waals surface area (Å²) < 4.78 is 5.37. The normalized spacial score (nSPS) is 16.6. The first kappa shape index (κ1) is 14.6. The molecule has 4 heteroatoms. The Morgan fingerprint density at radius 1 is 1.14 bits per heavy atom. The van der Waals surface area contributed by atoms with Gasteiger partial charge in [0, 0.05) is 36.7 Å². The number of H-pyrrole nitrogens is 1. The third-order valence-corrected chi connectivity index (χ3v) is 4.18. The molecule has 1 fully saturated rings. The predicted molar refractivity (Wildman–Crippen MR) is 86.5 cm³/mol. The van der Waals surface area contributed by atoms with Crippen molar-refractivity contribution in [1.82, 2.24) is 15.2 Å².